The standard InChI is InChI=1S/C21H20ClFN2O3/c1-4-27-21(26)13(2)28-17-9-7-16(8-10-17)25(3)19-11-14-5-6-15(22)12-18(14)20(23)24-19/h5-13H,4H2,1-3H3. The van der Waals surface area contributed by atoms with Crippen molar-refractivity contribution in [3.05, 3.63) is 59.5 Å². The van der Waals surface area contributed by atoms with Crippen molar-refractivity contribution in [2.24, 2.45) is 0 Å². The van der Waals surface area contributed by atoms with Crippen LogP contribution in [-0.2, 0) is 9.53 Å². The first-order valence-electron chi connectivity index (χ1n) is 8.82. The molecule has 0 aliphatic carbocycles. The number of esters is 1. The molecule has 0 fully saturated rings. The highest BCUT2D eigenvalue weighted by atomic mass is 35.5. The van der Waals surface area contributed by atoms with E-state index < -0.39 is 18.0 Å². The van der Waals surface area contributed by atoms with Gasteiger partial charge in [-0.1, -0.05) is 17.7 Å². The fourth-order valence-electron chi connectivity index (χ4n) is 2.73. The number of carbonyl (C=O) groups excluding carboxylic acids is 1. The summed E-state index contributed by atoms with van der Waals surface area (Å²) in [6.45, 7) is 3.68. The van der Waals surface area contributed by atoms with Gasteiger partial charge in [0.25, 0.3) is 0 Å². The van der Waals surface area contributed by atoms with E-state index in [1.807, 2.05) is 0 Å². The molecular weight excluding hydrogens is 383 g/mol. The predicted molar refractivity (Wildman–Crippen MR) is 108 cm³/mol. The Morgan fingerprint density at radius 2 is 1.93 bits per heavy atom. The van der Waals surface area contributed by atoms with Crippen LogP contribution in [0, 0.1) is 5.95 Å². The van der Waals surface area contributed by atoms with Crippen molar-refractivity contribution in [1.29, 1.82) is 0 Å². The molecule has 1 unspecified atom stereocenters. The van der Waals surface area contributed by atoms with Crippen LogP contribution in [0.3, 0.4) is 0 Å². The average molecular weight is 403 g/mol. The Morgan fingerprint density at radius 3 is 2.61 bits per heavy atom. The molecule has 0 radical (unpaired) electrons. The van der Waals surface area contributed by atoms with E-state index in [-0.39, 0.29) is 0 Å². The van der Waals surface area contributed by atoms with E-state index >= 15 is 0 Å². The Labute approximate surface area is 167 Å². The molecule has 28 heavy (non-hydrogen) atoms. The maximum absolute atomic E-state index is 14.4. The van der Waals surface area contributed by atoms with Gasteiger partial charge in [0.15, 0.2) is 6.10 Å². The summed E-state index contributed by atoms with van der Waals surface area (Å²) in [4.78, 5) is 17.5. The zero-order chi connectivity index (χ0) is 20.3. The second-order valence-corrected chi connectivity index (χ2v) is 6.64. The number of anilines is 2. The monoisotopic (exact) mass is 402 g/mol. The minimum atomic E-state index is -0.702. The molecule has 0 N–H and O–H groups in total. The number of hydrogen-bond acceptors (Lipinski definition) is 5. The van der Waals surface area contributed by atoms with Crippen molar-refractivity contribution in [1.82, 2.24) is 4.98 Å². The first kappa shape index (κ1) is 19.9. The number of aromatic nitrogens is 1. The highest BCUT2D eigenvalue weighted by Crippen LogP contribution is 2.29. The number of ether oxygens (including phenoxy) is 2. The zero-order valence-corrected chi connectivity index (χ0v) is 16.5. The summed E-state index contributed by atoms with van der Waals surface area (Å²) >= 11 is 5.93. The lowest BCUT2D eigenvalue weighted by Gasteiger charge is -2.20. The first-order valence-corrected chi connectivity index (χ1v) is 9.19. The van der Waals surface area contributed by atoms with Gasteiger partial charge >= 0.3 is 5.97 Å². The second kappa shape index (κ2) is 8.44. The first-order chi connectivity index (χ1) is 13.4. The van der Waals surface area contributed by atoms with Crippen molar-refractivity contribution in [3.8, 4) is 5.75 Å². The number of halogens is 2. The van der Waals surface area contributed by atoms with Gasteiger partial charge in [0, 0.05) is 23.1 Å². The van der Waals surface area contributed by atoms with E-state index in [9.17, 15) is 9.18 Å². The van der Waals surface area contributed by atoms with Crippen LogP contribution in [0.15, 0.2) is 48.5 Å². The van der Waals surface area contributed by atoms with Crippen LogP contribution in [0.1, 0.15) is 13.8 Å². The van der Waals surface area contributed by atoms with Crippen LogP contribution < -0.4 is 9.64 Å². The van der Waals surface area contributed by atoms with Gasteiger partial charge in [0.2, 0.25) is 5.95 Å². The molecule has 3 rings (SSSR count). The maximum atomic E-state index is 14.4. The molecule has 0 bridgehead atoms. The van der Waals surface area contributed by atoms with Crippen molar-refractivity contribution < 1.29 is 18.7 Å². The third-order valence-electron chi connectivity index (χ3n) is 4.23. The number of carbonyl (C=O) groups is 1. The molecule has 3 aromatic rings. The van der Waals surface area contributed by atoms with Crippen molar-refractivity contribution in [3.63, 3.8) is 0 Å². The summed E-state index contributed by atoms with van der Waals surface area (Å²) < 4.78 is 24.9. The van der Waals surface area contributed by atoms with Gasteiger partial charge in [0.05, 0.1) is 6.61 Å². The summed E-state index contributed by atoms with van der Waals surface area (Å²) in [5.41, 5.74) is 0.788. The van der Waals surface area contributed by atoms with Gasteiger partial charge < -0.3 is 14.4 Å². The smallest absolute Gasteiger partial charge is 0.347 e. The minimum Gasteiger partial charge on any atom is -0.479 e. The Balaban J connectivity index is 1.79. The van der Waals surface area contributed by atoms with Crippen LogP contribution in [0.5, 0.6) is 5.75 Å². The fourth-order valence-corrected chi connectivity index (χ4v) is 2.90. The van der Waals surface area contributed by atoms with E-state index in [1.54, 1.807) is 74.3 Å². The topological polar surface area (TPSA) is 51.7 Å². The molecule has 1 aromatic heterocycles. The third-order valence-corrected chi connectivity index (χ3v) is 4.47. The Bertz CT molecular complexity index is 995. The number of fused-ring (bicyclic) bond motifs is 1. The fraction of sp³-hybridized carbons (Fsp3) is 0.238. The number of pyridine rings is 1. The summed E-state index contributed by atoms with van der Waals surface area (Å²) in [6, 6.07) is 13.9. The van der Waals surface area contributed by atoms with Crippen LogP contribution in [0.2, 0.25) is 5.02 Å². The summed E-state index contributed by atoms with van der Waals surface area (Å²) in [5.74, 6) is -0.00409. The molecule has 1 atom stereocenters. The molecule has 7 heteroatoms. The SMILES string of the molecule is CCOC(=O)C(C)Oc1ccc(N(C)c2cc3ccc(Cl)cc3c(F)n2)cc1. The highest BCUT2D eigenvalue weighted by molar-refractivity contribution is 6.31. The van der Waals surface area contributed by atoms with E-state index in [2.05, 4.69) is 4.98 Å². The van der Waals surface area contributed by atoms with Crippen molar-refractivity contribution in [2.75, 3.05) is 18.6 Å². The largest absolute Gasteiger partial charge is 0.479 e. The minimum absolute atomic E-state index is 0.303. The molecule has 0 aliphatic rings. The van der Waals surface area contributed by atoms with Gasteiger partial charge in [-0.3, -0.25) is 0 Å². The van der Waals surface area contributed by atoms with E-state index in [4.69, 9.17) is 21.1 Å². The molecule has 0 spiro atoms. The van der Waals surface area contributed by atoms with Crippen LogP contribution in [0.25, 0.3) is 10.8 Å². The molecule has 0 aliphatic heterocycles. The molecule has 5 nitrogen and oxygen atoms in total. The number of rotatable bonds is 6. The van der Waals surface area contributed by atoms with Gasteiger partial charge in [-0.25, -0.2) is 9.78 Å². The number of nitrogens with zero attached hydrogens (tertiary/aromatic N) is 2. The van der Waals surface area contributed by atoms with E-state index in [1.165, 1.54) is 0 Å². The summed E-state index contributed by atoms with van der Waals surface area (Å²) in [6.07, 6.45) is -0.702. The normalized spacial score (nSPS) is 11.9. The molecule has 0 amide bonds. The van der Waals surface area contributed by atoms with Crippen LogP contribution >= 0.6 is 11.6 Å². The van der Waals surface area contributed by atoms with Gasteiger partial charge in [0.1, 0.15) is 11.6 Å². The lowest BCUT2D eigenvalue weighted by atomic mass is 10.1. The Kier molecular flexibility index (Phi) is 5.99. The van der Waals surface area contributed by atoms with Gasteiger partial charge in [-0.15, -0.1) is 0 Å². The molecule has 2 aromatic carbocycles. The Morgan fingerprint density at radius 1 is 1.21 bits per heavy atom. The number of benzene rings is 2. The molecule has 146 valence electrons. The Hall–Kier alpha value is -2.86. The highest BCUT2D eigenvalue weighted by Gasteiger charge is 2.16. The van der Waals surface area contributed by atoms with Crippen LogP contribution in [-0.4, -0.2) is 30.7 Å². The van der Waals surface area contributed by atoms with Crippen molar-refractivity contribution >= 4 is 39.8 Å². The lowest BCUT2D eigenvalue weighted by molar-refractivity contribution is -0.150. The third kappa shape index (κ3) is 4.34. The number of hydrogen-bond donors (Lipinski definition) is 0. The molecule has 0 saturated carbocycles. The lowest BCUT2D eigenvalue weighted by Crippen LogP contribution is -2.26. The molecular formula is C21H20ClFN2O3. The van der Waals surface area contributed by atoms with Crippen LogP contribution in [0.4, 0.5) is 15.9 Å². The molecule has 0 saturated heterocycles. The quantitative estimate of drug-likeness (QED) is 0.423. The maximum Gasteiger partial charge on any atom is 0.347 e. The molecule has 1 heterocycles. The second-order valence-electron chi connectivity index (χ2n) is 6.20. The van der Waals surface area contributed by atoms with Gasteiger partial charge in [-0.2, -0.15) is 4.39 Å². The predicted octanol–water partition coefficient (Wildman–Crippen LogP) is 5.13. The van der Waals surface area contributed by atoms with Gasteiger partial charge in [-0.05, 0) is 61.7 Å². The van der Waals surface area contributed by atoms with E-state index in [0.717, 1.165) is 5.69 Å². The average Bonchev–Trinajstić information content (AvgIpc) is 2.68. The van der Waals surface area contributed by atoms with E-state index in [0.29, 0.717) is 34.0 Å². The summed E-state index contributed by atoms with van der Waals surface area (Å²) in [5, 5.41) is 1.55. The zero-order valence-electron chi connectivity index (χ0n) is 15.8. The van der Waals surface area contributed by atoms with Crippen molar-refractivity contribution in [2.45, 2.75) is 20.0 Å². The summed E-state index contributed by atoms with van der Waals surface area (Å²) in [7, 11) is 1.79.